The van der Waals surface area contributed by atoms with Crippen molar-refractivity contribution in [2.75, 3.05) is 7.05 Å². The zero-order valence-electron chi connectivity index (χ0n) is 11.0. The van der Waals surface area contributed by atoms with Gasteiger partial charge >= 0.3 is 0 Å². The summed E-state index contributed by atoms with van der Waals surface area (Å²) in [6, 6.07) is 5.29. The largest absolute Gasteiger partial charge is 0.487 e. The normalized spacial score (nSPS) is 14.4. The van der Waals surface area contributed by atoms with E-state index in [0.29, 0.717) is 17.4 Å². The highest BCUT2D eigenvalue weighted by atomic mass is 16.5. The van der Waals surface area contributed by atoms with Crippen LogP contribution in [0, 0.1) is 0 Å². The summed E-state index contributed by atoms with van der Waals surface area (Å²) in [6.07, 6.45) is 2.55. The molecule has 4 heteroatoms. The number of carbonyl (C=O) groups is 1. The third-order valence-corrected chi connectivity index (χ3v) is 2.61. The Bertz CT molecular complexity index is 439. The van der Waals surface area contributed by atoms with Gasteiger partial charge in [0.25, 0.3) is 5.91 Å². The van der Waals surface area contributed by atoms with Gasteiger partial charge in [-0.2, -0.15) is 0 Å². The highest BCUT2D eigenvalue weighted by Gasteiger charge is 2.25. The standard InChI is InChI=1S/C14H19NO3/c1-9(2)17-13-8-10(14(16)15-3)4-7-12(13)18-11-5-6-11/h4,7-9,11H,5-6H2,1-3H3,(H,15,16). The fourth-order valence-electron chi connectivity index (χ4n) is 1.60. The fraction of sp³-hybridized carbons (Fsp3) is 0.500. The maximum Gasteiger partial charge on any atom is 0.251 e. The van der Waals surface area contributed by atoms with Gasteiger partial charge in [-0.1, -0.05) is 0 Å². The molecule has 0 unspecified atom stereocenters. The Morgan fingerprint density at radius 1 is 1.33 bits per heavy atom. The molecule has 18 heavy (non-hydrogen) atoms. The third kappa shape index (κ3) is 3.15. The molecular formula is C14H19NO3. The molecule has 0 bridgehead atoms. The van der Waals surface area contributed by atoms with Crippen LogP contribution in [0.3, 0.4) is 0 Å². The first-order chi connectivity index (χ1) is 8.60. The lowest BCUT2D eigenvalue weighted by Crippen LogP contribution is -2.18. The topological polar surface area (TPSA) is 47.6 Å². The molecule has 1 aromatic carbocycles. The summed E-state index contributed by atoms with van der Waals surface area (Å²) >= 11 is 0. The molecule has 98 valence electrons. The van der Waals surface area contributed by atoms with Gasteiger partial charge in [0.05, 0.1) is 12.2 Å². The summed E-state index contributed by atoms with van der Waals surface area (Å²) in [5, 5.41) is 2.60. The van der Waals surface area contributed by atoms with Gasteiger partial charge in [-0.15, -0.1) is 0 Å². The minimum absolute atomic E-state index is 0.0477. The van der Waals surface area contributed by atoms with Crippen molar-refractivity contribution in [2.24, 2.45) is 0 Å². The van der Waals surface area contributed by atoms with Crippen LogP contribution in [0.2, 0.25) is 0 Å². The van der Waals surface area contributed by atoms with Crippen LogP contribution in [-0.2, 0) is 0 Å². The third-order valence-electron chi connectivity index (χ3n) is 2.61. The Kier molecular flexibility index (Phi) is 3.75. The minimum atomic E-state index is -0.124. The van der Waals surface area contributed by atoms with Crippen LogP contribution in [0.4, 0.5) is 0 Å². The second-order valence-corrected chi connectivity index (χ2v) is 4.72. The maximum absolute atomic E-state index is 11.6. The van der Waals surface area contributed by atoms with Crippen LogP contribution >= 0.6 is 0 Å². The second kappa shape index (κ2) is 5.29. The van der Waals surface area contributed by atoms with E-state index in [0.717, 1.165) is 18.6 Å². The molecule has 2 rings (SSSR count). The van der Waals surface area contributed by atoms with Crippen molar-refractivity contribution < 1.29 is 14.3 Å². The van der Waals surface area contributed by atoms with Crippen molar-refractivity contribution in [3.8, 4) is 11.5 Å². The Hall–Kier alpha value is -1.71. The quantitative estimate of drug-likeness (QED) is 0.871. The predicted octanol–water partition coefficient (Wildman–Crippen LogP) is 2.37. The summed E-state index contributed by atoms with van der Waals surface area (Å²) in [6.45, 7) is 3.90. The van der Waals surface area contributed by atoms with Crippen LogP contribution in [0.5, 0.6) is 11.5 Å². The highest BCUT2D eigenvalue weighted by molar-refractivity contribution is 5.94. The SMILES string of the molecule is CNC(=O)c1ccc(OC2CC2)c(OC(C)C)c1. The van der Waals surface area contributed by atoms with Gasteiger partial charge < -0.3 is 14.8 Å². The van der Waals surface area contributed by atoms with Crippen molar-refractivity contribution in [1.29, 1.82) is 0 Å². The van der Waals surface area contributed by atoms with Crippen LogP contribution < -0.4 is 14.8 Å². The Labute approximate surface area is 107 Å². The second-order valence-electron chi connectivity index (χ2n) is 4.72. The van der Waals surface area contributed by atoms with E-state index in [4.69, 9.17) is 9.47 Å². The van der Waals surface area contributed by atoms with Crippen molar-refractivity contribution in [1.82, 2.24) is 5.32 Å². The molecule has 1 aliphatic rings. The number of carbonyl (C=O) groups excluding carboxylic acids is 1. The number of benzene rings is 1. The van der Waals surface area contributed by atoms with Crippen LogP contribution in [0.15, 0.2) is 18.2 Å². The summed E-state index contributed by atoms with van der Waals surface area (Å²) in [4.78, 5) is 11.6. The van der Waals surface area contributed by atoms with Crippen LogP contribution in [0.25, 0.3) is 0 Å². The average molecular weight is 249 g/mol. The first-order valence-corrected chi connectivity index (χ1v) is 6.29. The van der Waals surface area contributed by atoms with E-state index in [-0.39, 0.29) is 12.0 Å². The molecule has 0 atom stereocenters. The summed E-state index contributed by atoms with van der Waals surface area (Å²) < 4.78 is 11.5. The Balaban J connectivity index is 2.24. The first-order valence-electron chi connectivity index (χ1n) is 6.29. The molecule has 4 nitrogen and oxygen atoms in total. The number of hydrogen-bond donors (Lipinski definition) is 1. The lowest BCUT2D eigenvalue weighted by molar-refractivity contribution is 0.0962. The molecule has 1 aliphatic carbocycles. The molecule has 1 N–H and O–H groups in total. The number of rotatable bonds is 5. The molecule has 1 aromatic rings. The molecule has 1 saturated carbocycles. The van der Waals surface area contributed by atoms with Gasteiger partial charge in [-0.3, -0.25) is 4.79 Å². The van der Waals surface area contributed by atoms with Gasteiger partial charge in [-0.05, 0) is 44.9 Å². The van der Waals surface area contributed by atoms with Gasteiger partial charge in [0, 0.05) is 12.6 Å². The number of ether oxygens (including phenoxy) is 2. The van der Waals surface area contributed by atoms with Crippen LogP contribution in [-0.4, -0.2) is 25.2 Å². The molecule has 0 heterocycles. The average Bonchev–Trinajstić information content (AvgIpc) is 3.13. The van der Waals surface area contributed by atoms with E-state index in [2.05, 4.69) is 5.32 Å². The van der Waals surface area contributed by atoms with Crippen LogP contribution in [0.1, 0.15) is 37.0 Å². The number of nitrogens with one attached hydrogen (secondary N) is 1. The molecule has 0 aromatic heterocycles. The Morgan fingerprint density at radius 2 is 2.06 bits per heavy atom. The lowest BCUT2D eigenvalue weighted by atomic mass is 10.2. The fourth-order valence-corrected chi connectivity index (χ4v) is 1.60. The van der Waals surface area contributed by atoms with Crippen molar-refractivity contribution >= 4 is 5.91 Å². The lowest BCUT2D eigenvalue weighted by Gasteiger charge is -2.15. The summed E-state index contributed by atoms with van der Waals surface area (Å²) in [5.41, 5.74) is 0.580. The summed E-state index contributed by atoms with van der Waals surface area (Å²) in [7, 11) is 1.61. The van der Waals surface area contributed by atoms with Gasteiger partial charge in [0.1, 0.15) is 0 Å². The van der Waals surface area contributed by atoms with E-state index >= 15 is 0 Å². The van der Waals surface area contributed by atoms with Gasteiger partial charge in [0.2, 0.25) is 0 Å². The zero-order valence-corrected chi connectivity index (χ0v) is 11.0. The highest BCUT2D eigenvalue weighted by Crippen LogP contribution is 2.34. The zero-order chi connectivity index (χ0) is 13.1. The van der Waals surface area contributed by atoms with E-state index in [9.17, 15) is 4.79 Å². The predicted molar refractivity (Wildman–Crippen MR) is 69.2 cm³/mol. The van der Waals surface area contributed by atoms with E-state index in [1.165, 1.54) is 0 Å². The monoisotopic (exact) mass is 249 g/mol. The van der Waals surface area contributed by atoms with Crippen molar-refractivity contribution in [3.05, 3.63) is 23.8 Å². The first kappa shape index (κ1) is 12.7. The van der Waals surface area contributed by atoms with Crippen molar-refractivity contribution in [3.63, 3.8) is 0 Å². The van der Waals surface area contributed by atoms with E-state index in [1.807, 2.05) is 13.8 Å². The molecule has 0 aliphatic heterocycles. The molecule has 0 saturated heterocycles. The summed E-state index contributed by atoms with van der Waals surface area (Å²) in [5.74, 6) is 1.23. The number of hydrogen-bond acceptors (Lipinski definition) is 3. The molecule has 0 spiro atoms. The molecular weight excluding hydrogens is 230 g/mol. The van der Waals surface area contributed by atoms with Crippen molar-refractivity contribution in [2.45, 2.75) is 38.9 Å². The molecule has 0 radical (unpaired) electrons. The Morgan fingerprint density at radius 3 is 2.61 bits per heavy atom. The minimum Gasteiger partial charge on any atom is -0.487 e. The molecule has 1 fully saturated rings. The van der Waals surface area contributed by atoms with E-state index in [1.54, 1.807) is 25.2 Å². The van der Waals surface area contributed by atoms with Gasteiger partial charge in [-0.25, -0.2) is 0 Å². The molecule has 1 amide bonds. The van der Waals surface area contributed by atoms with E-state index < -0.39 is 0 Å². The van der Waals surface area contributed by atoms with Gasteiger partial charge in [0.15, 0.2) is 11.5 Å². The smallest absolute Gasteiger partial charge is 0.251 e. The maximum atomic E-state index is 11.6. The number of amides is 1.